The highest BCUT2D eigenvalue weighted by molar-refractivity contribution is 7.89. The number of sulfonamides is 1. The van der Waals surface area contributed by atoms with E-state index < -0.39 is 21.7 Å². The predicted octanol–water partition coefficient (Wildman–Crippen LogP) is 4.40. The molecule has 1 aromatic heterocycles. The standard InChI is InChI=1S/C26H25F2N5O3S/c1-17-8-11-32(12-9-17)26-30-22-10-13-33(37(34,35)24-5-3-2-4-18(24)15-29)16-20(22)25(31-26)36-23-7-6-19(27)14-21(23)28/h2-7,14,17H,8-13,16H2,1H3. The van der Waals surface area contributed by atoms with Gasteiger partial charge in [0.05, 0.1) is 21.7 Å². The lowest BCUT2D eigenvalue weighted by atomic mass is 9.99. The highest BCUT2D eigenvalue weighted by Crippen LogP contribution is 2.35. The quantitative estimate of drug-likeness (QED) is 0.487. The largest absolute Gasteiger partial charge is 0.435 e. The number of benzene rings is 2. The van der Waals surface area contributed by atoms with Crippen molar-refractivity contribution in [2.45, 2.75) is 37.6 Å². The number of nitriles is 1. The zero-order valence-corrected chi connectivity index (χ0v) is 21.0. The van der Waals surface area contributed by atoms with Crippen molar-refractivity contribution < 1.29 is 21.9 Å². The lowest BCUT2D eigenvalue weighted by molar-refractivity contribution is 0.362. The van der Waals surface area contributed by atoms with Crippen molar-refractivity contribution in [1.82, 2.24) is 14.3 Å². The Morgan fingerprint density at radius 3 is 2.57 bits per heavy atom. The summed E-state index contributed by atoms with van der Waals surface area (Å²) in [7, 11) is -4.02. The Kier molecular flexibility index (Phi) is 6.79. The summed E-state index contributed by atoms with van der Waals surface area (Å²) >= 11 is 0. The highest BCUT2D eigenvalue weighted by atomic mass is 32.2. The minimum absolute atomic E-state index is 0.0256. The van der Waals surface area contributed by atoms with Crippen molar-refractivity contribution in [2.75, 3.05) is 24.5 Å². The van der Waals surface area contributed by atoms with E-state index in [4.69, 9.17) is 9.72 Å². The number of halogens is 2. The second-order valence-electron chi connectivity index (χ2n) is 9.30. The van der Waals surface area contributed by atoms with Crippen LogP contribution in [0.4, 0.5) is 14.7 Å². The third kappa shape index (κ3) is 4.99. The minimum atomic E-state index is -4.02. The van der Waals surface area contributed by atoms with Crippen LogP contribution in [0.1, 0.15) is 36.6 Å². The average molecular weight is 526 g/mol. The maximum absolute atomic E-state index is 14.5. The molecule has 0 N–H and O–H groups in total. The third-order valence-electron chi connectivity index (χ3n) is 6.77. The van der Waals surface area contributed by atoms with E-state index in [1.807, 2.05) is 11.0 Å². The first-order valence-corrected chi connectivity index (χ1v) is 13.5. The van der Waals surface area contributed by atoms with Crippen molar-refractivity contribution in [3.05, 3.63) is 70.9 Å². The Morgan fingerprint density at radius 1 is 1.08 bits per heavy atom. The Bertz CT molecular complexity index is 1480. The third-order valence-corrected chi connectivity index (χ3v) is 8.67. The van der Waals surface area contributed by atoms with Crippen LogP contribution in [0.15, 0.2) is 47.4 Å². The van der Waals surface area contributed by atoms with E-state index in [9.17, 15) is 22.5 Å². The molecule has 192 valence electrons. The van der Waals surface area contributed by atoms with Crippen molar-refractivity contribution >= 4 is 16.0 Å². The van der Waals surface area contributed by atoms with Gasteiger partial charge >= 0.3 is 0 Å². The topological polar surface area (TPSA) is 99.4 Å². The van der Waals surface area contributed by atoms with Crippen molar-refractivity contribution in [3.63, 3.8) is 0 Å². The molecule has 11 heteroatoms. The molecule has 1 fully saturated rings. The molecule has 2 aromatic carbocycles. The molecule has 0 unspecified atom stereocenters. The molecule has 0 bridgehead atoms. The average Bonchev–Trinajstić information content (AvgIpc) is 2.90. The lowest BCUT2D eigenvalue weighted by Gasteiger charge is -2.33. The smallest absolute Gasteiger partial charge is 0.244 e. The van der Waals surface area contributed by atoms with Gasteiger partial charge in [-0.2, -0.15) is 14.6 Å². The molecule has 0 atom stereocenters. The summed E-state index contributed by atoms with van der Waals surface area (Å²) < 4.78 is 62.0. The monoisotopic (exact) mass is 525 g/mol. The molecule has 3 aromatic rings. The molecule has 8 nitrogen and oxygen atoms in total. The molecule has 37 heavy (non-hydrogen) atoms. The van der Waals surface area contributed by atoms with Crippen LogP contribution in [0.5, 0.6) is 11.6 Å². The summed E-state index contributed by atoms with van der Waals surface area (Å²) in [6.45, 7) is 3.74. The van der Waals surface area contributed by atoms with Gasteiger partial charge in [0.2, 0.25) is 21.9 Å². The van der Waals surface area contributed by atoms with E-state index in [0.717, 1.165) is 32.0 Å². The van der Waals surface area contributed by atoms with E-state index in [1.165, 1.54) is 22.5 Å². The molecular formula is C26H25F2N5O3S. The van der Waals surface area contributed by atoms with Gasteiger partial charge in [0.25, 0.3) is 0 Å². The van der Waals surface area contributed by atoms with Crippen LogP contribution in [0.2, 0.25) is 0 Å². The van der Waals surface area contributed by atoms with Gasteiger partial charge in [0.1, 0.15) is 11.9 Å². The Labute approximate surface area is 214 Å². The second-order valence-corrected chi connectivity index (χ2v) is 11.2. The molecular weight excluding hydrogens is 500 g/mol. The molecule has 0 saturated carbocycles. The van der Waals surface area contributed by atoms with Gasteiger partial charge in [-0.1, -0.05) is 19.1 Å². The summed E-state index contributed by atoms with van der Waals surface area (Å²) in [6.07, 6.45) is 2.24. The first-order valence-electron chi connectivity index (χ1n) is 12.0. The zero-order valence-electron chi connectivity index (χ0n) is 20.2. The number of anilines is 1. The van der Waals surface area contributed by atoms with E-state index in [0.29, 0.717) is 29.2 Å². The second kappa shape index (κ2) is 10.0. The van der Waals surface area contributed by atoms with Gasteiger partial charge in [-0.15, -0.1) is 0 Å². The maximum Gasteiger partial charge on any atom is 0.244 e. The Balaban J connectivity index is 1.54. The number of ether oxygens (including phenoxy) is 1. The number of rotatable bonds is 5. The van der Waals surface area contributed by atoms with E-state index >= 15 is 0 Å². The van der Waals surface area contributed by atoms with E-state index in [1.54, 1.807) is 12.1 Å². The molecule has 5 rings (SSSR count). The molecule has 3 heterocycles. The highest BCUT2D eigenvalue weighted by Gasteiger charge is 2.34. The molecule has 0 radical (unpaired) electrons. The molecule has 0 aliphatic carbocycles. The van der Waals surface area contributed by atoms with Gasteiger partial charge < -0.3 is 9.64 Å². The number of hydrogen-bond donors (Lipinski definition) is 0. The minimum Gasteiger partial charge on any atom is -0.435 e. The van der Waals surface area contributed by atoms with E-state index in [2.05, 4.69) is 11.9 Å². The van der Waals surface area contributed by atoms with Gasteiger partial charge in [-0.05, 0) is 43.0 Å². The maximum atomic E-state index is 14.5. The van der Waals surface area contributed by atoms with Crippen LogP contribution in [-0.4, -0.2) is 42.3 Å². The van der Waals surface area contributed by atoms with Crippen LogP contribution in [0.25, 0.3) is 0 Å². The fourth-order valence-electron chi connectivity index (χ4n) is 4.57. The number of fused-ring (bicyclic) bond motifs is 1. The fourth-order valence-corrected chi connectivity index (χ4v) is 6.12. The van der Waals surface area contributed by atoms with Gasteiger partial charge in [-0.25, -0.2) is 22.2 Å². The Morgan fingerprint density at radius 2 is 1.84 bits per heavy atom. The Hall–Kier alpha value is -3.62. The number of hydrogen-bond acceptors (Lipinski definition) is 7. The molecule has 2 aliphatic rings. The zero-order chi connectivity index (χ0) is 26.2. The summed E-state index contributed by atoms with van der Waals surface area (Å²) in [6, 6.07) is 10.9. The van der Waals surface area contributed by atoms with Gasteiger partial charge in [-0.3, -0.25) is 0 Å². The summed E-state index contributed by atoms with van der Waals surface area (Å²) in [4.78, 5) is 11.3. The summed E-state index contributed by atoms with van der Waals surface area (Å²) in [5.41, 5.74) is 1.06. The van der Waals surface area contributed by atoms with Gasteiger partial charge in [0, 0.05) is 38.7 Å². The van der Waals surface area contributed by atoms with Crippen LogP contribution in [-0.2, 0) is 23.0 Å². The number of nitrogens with zero attached hydrogens (tertiary/aromatic N) is 5. The van der Waals surface area contributed by atoms with Crippen LogP contribution in [0, 0.1) is 28.9 Å². The first kappa shape index (κ1) is 25.0. The molecule has 0 spiro atoms. The van der Waals surface area contributed by atoms with Crippen molar-refractivity contribution in [2.24, 2.45) is 5.92 Å². The summed E-state index contributed by atoms with van der Waals surface area (Å²) in [5, 5.41) is 9.42. The number of piperidine rings is 1. The number of aromatic nitrogens is 2. The predicted molar refractivity (Wildman–Crippen MR) is 132 cm³/mol. The SMILES string of the molecule is CC1CCN(c2nc3c(c(Oc4ccc(F)cc4F)n2)CN(S(=O)(=O)c2ccccc2C#N)CC3)CC1. The van der Waals surface area contributed by atoms with Gasteiger partial charge in [0.15, 0.2) is 11.6 Å². The van der Waals surface area contributed by atoms with Crippen molar-refractivity contribution in [1.29, 1.82) is 5.26 Å². The van der Waals surface area contributed by atoms with Crippen molar-refractivity contribution in [3.8, 4) is 17.7 Å². The first-order chi connectivity index (χ1) is 17.8. The fraction of sp³-hybridized carbons (Fsp3) is 0.346. The van der Waals surface area contributed by atoms with Crippen LogP contribution in [0.3, 0.4) is 0 Å². The van der Waals surface area contributed by atoms with E-state index in [-0.39, 0.29) is 41.6 Å². The molecule has 2 aliphatic heterocycles. The van der Waals surface area contributed by atoms with Crippen LogP contribution >= 0.6 is 0 Å². The molecule has 0 amide bonds. The van der Waals surface area contributed by atoms with Crippen LogP contribution < -0.4 is 9.64 Å². The summed E-state index contributed by atoms with van der Waals surface area (Å²) in [5.74, 6) is -0.815. The normalized spacial score (nSPS) is 16.8. The molecule has 1 saturated heterocycles. The lowest BCUT2D eigenvalue weighted by Crippen LogP contribution is -2.38.